The standard InChI is InChI=1S/C27H16N2/c1-3-8-20-17(6-1)11-12-18-13-14-22-21-9-5-15-28-26(21)24-16-19-7-2-4-10-23(19)29(24)27(22)25(18)20/h1-16H. The van der Waals surface area contributed by atoms with Gasteiger partial charge in [0.05, 0.1) is 22.1 Å². The highest BCUT2D eigenvalue weighted by Crippen LogP contribution is 2.38. The predicted molar refractivity (Wildman–Crippen MR) is 123 cm³/mol. The molecule has 29 heavy (non-hydrogen) atoms. The first kappa shape index (κ1) is 15.1. The van der Waals surface area contributed by atoms with Crippen molar-refractivity contribution in [2.45, 2.75) is 0 Å². The van der Waals surface area contributed by atoms with E-state index in [9.17, 15) is 0 Å². The maximum Gasteiger partial charge on any atom is 0.0949 e. The van der Waals surface area contributed by atoms with Crippen molar-refractivity contribution < 1.29 is 0 Å². The predicted octanol–water partition coefficient (Wildman–Crippen LogP) is 7.10. The molecule has 4 aromatic carbocycles. The number of pyridine rings is 2. The van der Waals surface area contributed by atoms with Gasteiger partial charge in [0.15, 0.2) is 0 Å². The Hall–Kier alpha value is -3.91. The van der Waals surface area contributed by atoms with E-state index in [2.05, 4.69) is 89.3 Å². The quantitative estimate of drug-likeness (QED) is 0.261. The van der Waals surface area contributed by atoms with Crippen molar-refractivity contribution in [3.63, 3.8) is 0 Å². The minimum absolute atomic E-state index is 1.05. The molecule has 0 unspecified atom stereocenters. The molecule has 0 fully saturated rings. The summed E-state index contributed by atoms with van der Waals surface area (Å²) in [5, 5.41) is 8.81. The van der Waals surface area contributed by atoms with Crippen LogP contribution in [0.1, 0.15) is 0 Å². The molecule has 0 spiro atoms. The lowest BCUT2D eigenvalue weighted by molar-refractivity contribution is 1.33. The van der Waals surface area contributed by atoms with Crippen LogP contribution in [-0.4, -0.2) is 9.38 Å². The Labute approximate surface area is 166 Å². The van der Waals surface area contributed by atoms with Crippen LogP contribution in [0.3, 0.4) is 0 Å². The highest BCUT2D eigenvalue weighted by molar-refractivity contribution is 6.26. The number of para-hydroxylation sites is 1. The number of aromatic nitrogens is 2. The number of benzene rings is 4. The fourth-order valence-electron chi connectivity index (χ4n) is 4.92. The number of rotatable bonds is 0. The zero-order valence-electron chi connectivity index (χ0n) is 15.6. The molecular weight excluding hydrogens is 352 g/mol. The second kappa shape index (κ2) is 5.33. The van der Waals surface area contributed by atoms with Crippen molar-refractivity contribution in [1.82, 2.24) is 9.38 Å². The van der Waals surface area contributed by atoms with Crippen molar-refractivity contribution >= 4 is 59.8 Å². The van der Waals surface area contributed by atoms with Crippen LogP contribution in [0.4, 0.5) is 0 Å². The first-order valence-corrected chi connectivity index (χ1v) is 9.91. The van der Waals surface area contributed by atoms with Crippen molar-refractivity contribution in [2.24, 2.45) is 0 Å². The molecule has 0 aliphatic heterocycles. The number of hydrogen-bond acceptors (Lipinski definition) is 1. The lowest BCUT2D eigenvalue weighted by atomic mass is 9.97. The normalized spacial score (nSPS) is 12.1. The molecule has 0 bridgehead atoms. The first-order chi connectivity index (χ1) is 14.4. The van der Waals surface area contributed by atoms with E-state index < -0.39 is 0 Å². The van der Waals surface area contributed by atoms with Gasteiger partial charge in [-0.3, -0.25) is 4.98 Å². The third-order valence-corrected chi connectivity index (χ3v) is 6.16. The lowest BCUT2D eigenvalue weighted by Crippen LogP contribution is -1.94. The Balaban J connectivity index is 1.95. The molecule has 0 saturated carbocycles. The summed E-state index contributed by atoms with van der Waals surface area (Å²) >= 11 is 0. The molecule has 0 aliphatic rings. The second-order valence-electron chi connectivity index (χ2n) is 7.67. The van der Waals surface area contributed by atoms with Crippen LogP contribution in [0.15, 0.2) is 97.2 Å². The zero-order valence-corrected chi connectivity index (χ0v) is 15.6. The minimum atomic E-state index is 1.05. The Morgan fingerprint density at radius 1 is 0.552 bits per heavy atom. The monoisotopic (exact) mass is 368 g/mol. The summed E-state index contributed by atoms with van der Waals surface area (Å²) in [6.45, 7) is 0. The van der Waals surface area contributed by atoms with Gasteiger partial charge in [0.25, 0.3) is 0 Å². The Bertz CT molecular complexity index is 1760. The Morgan fingerprint density at radius 3 is 2.28 bits per heavy atom. The summed E-state index contributed by atoms with van der Waals surface area (Å²) in [6.07, 6.45) is 1.89. The SMILES string of the molecule is c1ccc2c(c1)ccc1ccc3c4cccnc4c4cc5ccccc5n4c3c12. The molecule has 0 amide bonds. The average molecular weight is 368 g/mol. The van der Waals surface area contributed by atoms with Crippen LogP contribution < -0.4 is 0 Å². The van der Waals surface area contributed by atoms with Crippen molar-refractivity contribution in [2.75, 3.05) is 0 Å². The number of hydrogen-bond donors (Lipinski definition) is 0. The summed E-state index contributed by atoms with van der Waals surface area (Å²) in [5.41, 5.74) is 4.70. The molecule has 0 N–H and O–H groups in total. The van der Waals surface area contributed by atoms with Crippen molar-refractivity contribution in [3.8, 4) is 0 Å². The van der Waals surface area contributed by atoms with E-state index in [1.807, 2.05) is 12.3 Å². The van der Waals surface area contributed by atoms with Gasteiger partial charge in [-0.05, 0) is 34.4 Å². The van der Waals surface area contributed by atoms with Crippen molar-refractivity contribution in [3.05, 3.63) is 97.2 Å². The second-order valence-corrected chi connectivity index (χ2v) is 7.67. The Morgan fingerprint density at radius 2 is 1.31 bits per heavy atom. The fourth-order valence-corrected chi connectivity index (χ4v) is 4.92. The molecule has 0 radical (unpaired) electrons. The van der Waals surface area contributed by atoms with Crippen LogP contribution in [-0.2, 0) is 0 Å². The van der Waals surface area contributed by atoms with E-state index in [1.54, 1.807) is 0 Å². The largest absolute Gasteiger partial charge is 0.306 e. The van der Waals surface area contributed by atoms with Gasteiger partial charge in [-0.2, -0.15) is 0 Å². The van der Waals surface area contributed by atoms with Crippen LogP contribution in [0.25, 0.3) is 59.8 Å². The van der Waals surface area contributed by atoms with Gasteiger partial charge in [-0.25, -0.2) is 0 Å². The third kappa shape index (κ3) is 1.88. The fraction of sp³-hybridized carbons (Fsp3) is 0. The van der Waals surface area contributed by atoms with Gasteiger partial charge in [-0.15, -0.1) is 0 Å². The number of nitrogens with zero attached hydrogens (tertiary/aromatic N) is 2. The van der Waals surface area contributed by atoms with E-state index in [0.29, 0.717) is 0 Å². The summed E-state index contributed by atoms with van der Waals surface area (Å²) in [4.78, 5) is 4.78. The smallest absolute Gasteiger partial charge is 0.0949 e. The Kier molecular flexibility index (Phi) is 2.77. The van der Waals surface area contributed by atoms with Gasteiger partial charge >= 0.3 is 0 Å². The van der Waals surface area contributed by atoms with Crippen LogP contribution in [0.2, 0.25) is 0 Å². The van der Waals surface area contributed by atoms with E-state index in [-0.39, 0.29) is 0 Å². The molecule has 2 nitrogen and oxygen atoms in total. The van der Waals surface area contributed by atoms with E-state index in [4.69, 9.17) is 4.98 Å². The van der Waals surface area contributed by atoms with Gasteiger partial charge in [-0.1, -0.05) is 72.8 Å². The first-order valence-electron chi connectivity index (χ1n) is 9.91. The average Bonchev–Trinajstić information content (AvgIpc) is 3.18. The van der Waals surface area contributed by atoms with Gasteiger partial charge < -0.3 is 4.40 Å². The van der Waals surface area contributed by atoms with Crippen LogP contribution in [0.5, 0.6) is 0 Å². The van der Waals surface area contributed by atoms with Crippen LogP contribution >= 0.6 is 0 Å². The van der Waals surface area contributed by atoms with Gasteiger partial charge in [0.2, 0.25) is 0 Å². The highest BCUT2D eigenvalue weighted by Gasteiger charge is 2.16. The van der Waals surface area contributed by atoms with E-state index in [0.717, 1.165) is 11.0 Å². The zero-order chi connectivity index (χ0) is 18.9. The molecule has 3 heterocycles. The number of fused-ring (bicyclic) bond motifs is 12. The van der Waals surface area contributed by atoms with Gasteiger partial charge in [0.1, 0.15) is 0 Å². The molecule has 3 aromatic heterocycles. The summed E-state index contributed by atoms with van der Waals surface area (Å²) in [6, 6.07) is 32.8. The van der Waals surface area contributed by atoms with Gasteiger partial charge in [0, 0.05) is 27.7 Å². The maximum atomic E-state index is 4.78. The topological polar surface area (TPSA) is 17.3 Å². The minimum Gasteiger partial charge on any atom is -0.306 e. The molecule has 134 valence electrons. The summed E-state index contributed by atoms with van der Waals surface area (Å²) in [7, 11) is 0. The highest BCUT2D eigenvalue weighted by atomic mass is 14.9. The third-order valence-electron chi connectivity index (χ3n) is 6.16. The molecule has 7 aromatic rings. The maximum absolute atomic E-state index is 4.78. The molecule has 0 atom stereocenters. The van der Waals surface area contributed by atoms with E-state index in [1.165, 1.54) is 48.7 Å². The molecular formula is C27H16N2. The molecule has 2 heteroatoms. The van der Waals surface area contributed by atoms with E-state index >= 15 is 0 Å². The lowest BCUT2D eigenvalue weighted by Gasteiger charge is -2.14. The molecule has 0 saturated heterocycles. The van der Waals surface area contributed by atoms with Crippen LogP contribution in [0, 0.1) is 0 Å². The molecule has 7 rings (SSSR count). The van der Waals surface area contributed by atoms with Crippen molar-refractivity contribution in [1.29, 1.82) is 0 Å². The summed E-state index contributed by atoms with van der Waals surface area (Å²) < 4.78 is 2.41. The summed E-state index contributed by atoms with van der Waals surface area (Å²) in [5.74, 6) is 0. The molecule has 0 aliphatic carbocycles.